The third-order valence-corrected chi connectivity index (χ3v) is 4.77. The molecule has 4 heteroatoms. The summed E-state index contributed by atoms with van der Waals surface area (Å²) in [6.45, 7) is 13.6. The van der Waals surface area contributed by atoms with Gasteiger partial charge in [0.05, 0.1) is 0 Å². The number of hydrogen-bond donors (Lipinski definition) is 0. The summed E-state index contributed by atoms with van der Waals surface area (Å²) in [5, 5.41) is 0. The van der Waals surface area contributed by atoms with Crippen LogP contribution in [0, 0.1) is 0 Å². The van der Waals surface area contributed by atoms with Crippen LogP contribution in [-0.4, -0.2) is 42.8 Å². The van der Waals surface area contributed by atoms with Gasteiger partial charge in [-0.15, -0.1) is 0 Å². The summed E-state index contributed by atoms with van der Waals surface area (Å²) in [5.74, 6) is 0. The number of likely N-dealkylation sites (tertiary alicyclic amines) is 1. The zero-order valence-electron chi connectivity index (χ0n) is 17.8. The molecule has 3 rings (SSSR count). The number of nitrogens with zero attached hydrogens (tertiary/aromatic N) is 2. The molecule has 2 aliphatic rings. The highest BCUT2D eigenvalue weighted by Crippen LogP contribution is 2.25. The maximum atomic E-state index is 12.1. The number of amides is 1. The Bertz CT molecular complexity index is 630. The van der Waals surface area contributed by atoms with E-state index in [1.54, 1.807) is 0 Å². The molecular formula is C23H36N2O2. The Labute approximate surface area is 165 Å². The van der Waals surface area contributed by atoms with Crippen molar-refractivity contribution >= 4 is 17.9 Å². The SMILES string of the molecule is CC.CC(C)(C)OC(=O)N1CCC(=Cc2cccc(N3CCCC3)c2)CC1. The van der Waals surface area contributed by atoms with E-state index in [4.69, 9.17) is 4.74 Å². The molecule has 0 bridgehead atoms. The molecule has 0 spiro atoms. The van der Waals surface area contributed by atoms with Gasteiger partial charge < -0.3 is 14.5 Å². The maximum absolute atomic E-state index is 12.1. The van der Waals surface area contributed by atoms with Gasteiger partial charge in [0.2, 0.25) is 0 Å². The van der Waals surface area contributed by atoms with Crippen LogP contribution in [-0.2, 0) is 4.74 Å². The molecule has 1 aromatic rings. The minimum atomic E-state index is -0.427. The summed E-state index contributed by atoms with van der Waals surface area (Å²) in [6, 6.07) is 8.82. The summed E-state index contributed by atoms with van der Waals surface area (Å²) in [7, 11) is 0. The van der Waals surface area contributed by atoms with Crippen LogP contribution in [0.4, 0.5) is 10.5 Å². The van der Waals surface area contributed by atoms with Gasteiger partial charge in [0.1, 0.15) is 5.60 Å². The quantitative estimate of drug-likeness (QED) is 0.665. The van der Waals surface area contributed by atoms with Gasteiger partial charge in [0, 0.05) is 31.9 Å². The topological polar surface area (TPSA) is 32.8 Å². The summed E-state index contributed by atoms with van der Waals surface area (Å²) >= 11 is 0. The van der Waals surface area contributed by atoms with Gasteiger partial charge in [-0.05, 0) is 64.2 Å². The lowest BCUT2D eigenvalue weighted by Crippen LogP contribution is -2.40. The summed E-state index contributed by atoms with van der Waals surface area (Å²) < 4.78 is 5.47. The molecular weight excluding hydrogens is 336 g/mol. The molecule has 2 fully saturated rings. The molecule has 0 radical (unpaired) electrons. The Balaban J connectivity index is 0.00000126. The highest BCUT2D eigenvalue weighted by atomic mass is 16.6. The largest absolute Gasteiger partial charge is 0.444 e. The Hall–Kier alpha value is -1.97. The Morgan fingerprint density at radius 3 is 2.26 bits per heavy atom. The van der Waals surface area contributed by atoms with Crippen molar-refractivity contribution in [3.05, 3.63) is 35.4 Å². The molecule has 2 aliphatic heterocycles. The van der Waals surface area contributed by atoms with Crippen molar-refractivity contribution in [3.8, 4) is 0 Å². The lowest BCUT2D eigenvalue weighted by atomic mass is 10.0. The second-order valence-corrected chi connectivity index (χ2v) is 8.06. The van der Waals surface area contributed by atoms with E-state index >= 15 is 0 Å². The Morgan fingerprint density at radius 2 is 1.67 bits per heavy atom. The molecule has 0 aromatic heterocycles. The molecule has 150 valence electrons. The third kappa shape index (κ3) is 6.60. The molecule has 4 nitrogen and oxygen atoms in total. The van der Waals surface area contributed by atoms with E-state index in [2.05, 4.69) is 35.2 Å². The van der Waals surface area contributed by atoms with E-state index < -0.39 is 5.60 Å². The fourth-order valence-electron chi connectivity index (χ4n) is 3.47. The predicted octanol–water partition coefficient (Wildman–Crippen LogP) is 5.73. The van der Waals surface area contributed by atoms with Crippen molar-refractivity contribution in [2.24, 2.45) is 0 Å². The minimum Gasteiger partial charge on any atom is -0.444 e. The van der Waals surface area contributed by atoms with E-state index in [0.717, 1.165) is 25.9 Å². The average Bonchev–Trinajstić information content (AvgIpc) is 3.18. The van der Waals surface area contributed by atoms with Gasteiger partial charge in [-0.3, -0.25) is 0 Å². The van der Waals surface area contributed by atoms with E-state index in [-0.39, 0.29) is 6.09 Å². The summed E-state index contributed by atoms with van der Waals surface area (Å²) in [6.07, 6.45) is 6.55. The molecule has 0 N–H and O–H groups in total. The van der Waals surface area contributed by atoms with Crippen molar-refractivity contribution in [3.63, 3.8) is 0 Å². The zero-order valence-corrected chi connectivity index (χ0v) is 17.8. The Morgan fingerprint density at radius 1 is 1.04 bits per heavy atom. The number of ether oxygens (including phenoxy) is 1. The highest BCUT2D eigenvalue weighted by Gasteiger charge is 2.24. The third-order valence-electron chi connectivity index (χ3n) is 4.77. The van der Waals surface area contributed by atoms with Crippen molar-refractivity contribution < 1.29 is 9.53 Å². The van der Waals surface area contributed by atoms with Gasteiger partial charge in [-0.25, -0.2) is 4.79 Å². The van der Waals surface area contributed by atoms with E-state index in [1.165, 1.54) is 42.8 Å². The van der Waals surface area contributed by atoms with Gasteiger partial charge in [0.25, 0.3) is 0 Å². The normalized spacial score (nSPS) is 17.3. The number of carbonyl (C=O) groups is 1. The first-order valence-corrected chi connectivity index (χ1v) is 10.4. The second-order valence-electron chi connectivity index (χ2n) is 8.06. The average molecular weight is 373 g/mol. The van der Waals surface area contributed by atoms with E-state index in [0.29, 0.717) is 0 Å². The number of hydrogen-bond acceptors (Lipinski definition) is 3. The number of rotatable bonds is 2. The number of benzene rings is 1. The van der Waals surface area contributed by atoms with Gasteiger partial charge in [0.15, 0.2) is 0 Å². The molecule has 1 amide bonds. The lowest BCUT2D eigenvalue weighted by Gasteiger charge is -2.31. The maximum Gasteiger partial charge on any atom is 0.410 e. The van der Waals surface area contributed by atoms with E-state index in [1.807, 2.05) is 39.5 Å². The van der Waals surface area contributed by atoms with Crippen LogP contribution < -0.4 is 4.90 Å². The number of carbonyl (C=O) groups excluding carboxylic acids is 1. The van der Waals surface area contributed by atoms with Gasteiger partial charge in [-0.2, -0.15) is 0 Å². The van der Waals surface area contributed by atoms with Crippen LogP contribution in [0.15, 0.2) is 29.8 Å². The summed E-state index contributed by atoms with van der Waals surface area (Å²) in [4.78, 5) is 16.4. The first kappa shape index (κ1) is 21.3. The molecule has 2 saturated heterocycles. The first-order valence-electron chi connectivity index (χ1n) is 10.4. The second kappa shape index (κ2) is 9.82. The molecule has 2 heterocycles. The molecule has 27 heavy (non-hydrogen) atoms. The van der Waals surface area contributed by atoms with Crippen LogP contribution in [0.2, 0.25) is 0 Å². The fourth-order valence-corrected chi connectivity index (χ4v) is 3.47. The predicted molar refractivity (Wildman–Crippen MR) is 114 cm³/mol. The van der Waals surface area contributed by atoms with Crippen molar-refractivity contribution in [2.45, 2.75) is 65.9 Å². The van der Waals surface area contributed by atoms with Crippen LogP contribution in [0.3, 0.4) is 0 Å². The first-order chi connectivity index (χ1) is 12.9. The van der Waals surface area contributed by atoms with Crippen molar-refractivity contribution in [1.82, 2.24) is 4.90 Å². The van der Waals surface area contributed by atoms with Gasteiger partial charge in [-0.1, -0.05) is 37.6 Å². The molecule has 0 saturated carbocycles. The van der Waals surface area contributed by atoms with Crippen LogP contribution in [0.1, 0.15) is 65.9 Å². The monoisotopic (exact) mass is 372 g/mol. The van der Waals surface area contributed by atoms with Crippen LogP contribution in [0.5, 0.6) is 0 Å². The van der Waals surface area contributed by atoms with Gasteiger partial charge >= 0.3 is 6.09 Å². The van der Waals surface area contributed by atoms with Crippen LogP contribution >= 0.6 is 0 Å². The zero-order chi connectivity index (χ0) is 19.9. The Kier molecular flexibility index (Phi) is 7.76. The molecule has 0 atom stereocenters. The van der Waals surface area contributed by atoms with E-state index in [9.17, 15) is 4.79 Å². The molecule has 0 unspecified atom stereocenters. The van der Waals surface area contributed by atoms with Crippen molar-refractivity contribution in [1.29, 1.82) is 0 Å². The standard InChI is InChI=1S/C21H30N2O2.C2H6/c1-21(2,3)25-20(24)23-13-9-17(10-14-23)15-18-7-6-8-19(16-18)22-11-4-5-12-22;1-2/h6-8,15-16H,4-5,9-14H2,1-3H3;1-2H3. The number of piperidine rings is 1. The summed E-state index contributed by atoms with van der Waals surface area (Å²) in [5.41, 5.74) is 3.59. The molecule has 1 aromatic carbocycles. The van der Waals surface area contributed by atoms with Crippen molar-refractivity contribution in [2.75, 3.05) is 31.1 Å². The highest BCUT2D eigenvalue weighted by molar-refractivity contribution is 5.69. The molecule has 0 aliphatic carbocycles. The lowest BCUT2D eigenvalue weighted by molar-refractivity contribution is 0.0237. The smallest absolute Gasteiger partial charge is 0.410 e. The fraction of sp³-hybridized carbons (Fsp3) is 0.609. The minimum absolute atomic E-state index is 0.192. The number of anilines is 1. The van der Waals surface area contributed by atoms with Crippen LogP contribution in [0.25, 0.3) is 6.08 Å².